The summed E-state index contributed by atoms with van der Waals surface area (Å²) >= 11 is 0. The maximum absolute atomic E-state index is 13.0. The van der Waals surface area contributed by atoms with Crippen LogP contribution in [0.1, 0.15) is 29.4 Å². The molecule has 1 fully saturated rings. The van der Waals surface area contributed by atoms with Crippen LogP contribution in [0.4, 0.5) is 10.2 Å². The van der Waals surface area contributed by atoms with Crippen molar-refractivity contribution in [2.45, 2.75) is 18.9 Å². The van der Waals surface area contributed by atoms with Crippen LogP contribution in [0.15, 0.2) is 30.6 Å². The zero-order valence-electron chi connectivity index (χ0n) is 12.4. The number of hydrogen-bond acceptors (Lipinski definition) is 4. The number of carbonyl (C=O) groups is 1. The van der Waals surface area contributed by atoms with Gasteiger partial charge in [-0.15, -0.1) is 0 Å². The molecule has 3 heterocycles. The number of piperidine rings is 1. The van der Waals surface area contributed by atoms with Crippen molar-refractivity contribution in [3.05, 3.63) is 42.1 Å². The molecule has 7 heteroatoms. The summed E-state index contributed by atoms with van der Waals surface area (Å²) in [6, 6.07) is 5.01. The Morgan fingerprint density at radius 2 is 2.27 bits per heavy atom. The number of nitrogens with zero attached hydrogens (tertiary/aromatic N) is 4. The highest BCUT2D eigenvalue weighted by atomic mass is 19.1. The molecule has 0 radical (unpaired) electrons. The molecule has 1 unspecified atom stereocenters. The highest BCUT2D eigenvalue weighted by molar-refractivity contribution is 5.91. The molecule has 1 atom stereocenters. The number of pyridine rings is 1. The number of rotatable bonds is 3. The van der Waals surface area contributed by atoms with Crippen molar-refractivity contribution >= 4 is 11.7 Å². The minimum Gasteiger partial charge on any atom is -0.354 e. The quantitative estimate of drug-likeness (QED) is 0.936. The van der Waals surface area contributed by atoms with Crippen molar-refractivity contribution in [3.63, 3.8) is 0 Å². The first kappa shape index (κ1) is 14.5. The van der Waals surface area contributed by atoms with E-state index in [0.717, 1.165) is 31.7 Å². The lowest BCUT2D eigenvalue weighted by Gasteiger charge is -2.33. The van der Waals surface area contributed by atoms with E-state index in [1.54, 1.807) is 19.2 Å². The number of carbonyl (C=O) groups excluding carboxylic acids is 1. The summed E-state index contributed by atoms with van der Waals surface area (Å²) in [7, 11) is 1.59. The molecular formula is C15H18FN5O. The number of halogens is 1. The topological polar surface area (TPSA) is 63.1 Å². The Bertz CT molecular complexity index is 654. The van der Waals surface area contributed by atoms with Gasteiger partial charge in [0.25, 0.3) is 5.91 Å². The first-order valence-electron chi connectivity index (χ1n) is 7.31. The minimum atomic E-state index is -0.334. The van der Waals surface area contributed by atoms with Gasteiger partial charge in [0.15, 0.2) is 0 Å². The molecular weight excluding hydrogens is 285 g/mol. The first-order chi connectivity index (χ1) is 10.7. The monoisotopic (exact) mass is 303 g/mol. The Balaban J connectivity index is 1.74. The summed E-state index contributed by atoms with van der Waals surface area (Å²) in [5.41, 5.74) is 0.416. The zero-order valence-corrected chi connectivity index (χ0v) is 12.4. The highest BCUT2D eigenvalue weighted by Gasteiger charge is 2.23. The molecule has 1 aliphatic heterocycles. The van der Waals surface area contributed by atoms with E-state index in [1.807, 2.05) is 10.9 Å². The van der Waals surface area contributed by atoms with Gasteiger partial charge in [-0.25, -0.2) is 9.37 Å². The van der Waals surface area contributed by atoms with Gasteiger partial charge in [-0.3, -0.25) is 9.48 Å². The van der Waals surface area contributed by atoms with E-state index in [2.05, 4.69) is 20.3 Å². The largest absolute Gasteiger partial charge is 0.354 e. The van der Waals surface area contributed by atoms with E-state index < -0.39 is 0 Å². The Labute approximate surface area is 128 Å². The summed E-state index contributed by atoms with van der Waals surface area (Å²) in [4.78, 5) is 17.8. The number of aromatic nitrogens is 3. The average molecular weight is 303 g/mol. The van der Waals surface area contributed by atoms with Crippen molar-refractivity contribution in [1.82, 2.24) is 20.1 Å². The fourth-order valence-electron chi connectivity index (χ4n) is 2.72. The second kappa shape index (κ2) is 6.13. The molecule has 116 valence electrons. The van der Waals surface area contributed by atoms with Crippen LogP contribution in [0, 0.1) is 5.82 Å². The van der Waals surface area contributed by atoms with Gasteiger partial charge in [0.2, 0.25) is 0 Å². The first-order valence-corrected chi connectivity index (χ1v) is 7.31. The fourth-order valence-corrected chi connectivity index (χ4v) is 2.72. The van der Waals surface area contributed by atoms with Gasteiger partial charge < -0.3 is 10.2 Å². The van der Waals surface area contributed by atoms with Crippen molar-refractivity contribution in [2.75, 3.05) is 25.0 Å². The average Bonchev–Trinajstić information content (AvgIpc) is 3.05. The van der Waals surface area contributed by atoms with E-state index in [-0.39, 0.29) is 17.8 Å². The second-order valence-electron chi connectivity index (χ2n) is 5.34. The van der Waals surface area contributed by atoms with Gasteiger partial charge in [0.05, 0.1) is 12.2 Å². The summed E-state index contributed by atoms with van der Waals surface area (Å²) in [6.07, 6.45) is 5.05. The maximum Gasteiger partial charge on any atom is 0.271 e. The van der Waals surface area contributed by atoms with Gasteiger partial charge in [0, 0.05) is 26.3 Å². The third kappa shape index (κ3) is 2.93. The number of amides is 1. The van der Waals surface area contributed by atoms with Gasteiger partial charge in [-0.1, -0.05) is 0 Å². The molecule has 0 spiro atoms. The van der Waals surface area contributed by atoms with Crippen LogP contribution in [0.25, 0.3) is 0 Å². The molecule has 3 rings (SSSR count). The third-order valence-corrected chi connectivity index (χ3v) is 3.87. The molecule has 6 nitrogen and oxygen atoms in total. The molecule has 0 aliphatic carbocycles. The van der Waals surface area contributed by atoms with Gasteiger partial charge in [-0.2, -0.15) is 5.10 Å². The lowest BCUT2D eigenvalue weighted by atomic mass is 10.1. The normalized spacial score (nSPS) is 18.3. The standard InChI is InChI=1S/C15H18FN5O/c1-17-15(22)13-6-8-21(19-13)12-3-2-7-20(10-12)14-5-4-11(16)9-18-14/h4-6,8-9,12H,2-3,7,10H2,1H3,(H,17,22). The third-order valence-electron chi connectivity index (χ3n) is 3.87. The molecule has 1 saturated heterocycles. The van der Waals surface area contributed by atoms with Crippen molar-refractivity contribution < 1.29 is 9.18 Å². The summed E-state index contributed by atoms with van der Waals surface area (Å²) < 4.78 is 14.8. The molecule has 0 saturated carbocycles. The van der Waals surface area contributed by atoms with E-state index in [4.69, 9.17) is 0 Å². The molecule has 1 aliphatic rings. The van der Waals surface area contributed by atoms with Crippen molar-refractivity contribution in [3.8, 4) is 0 Å². The number of hydrogen-bond donors (Lipinski definition) is 1. The Hall–Kier alpha value is -2.44. The number of anilines is 1. The van der Waals surface area contributed by atoms with Crippen molar-refractivity contribution in [2.24, 2.45) is 0 Å². The molecule has 0 aromatic carbocycles. The van der Waals surface area contributed by atoms with Crippen LogP contribution in [0.5, 0.6) is 0 Å². The minimum absolute atomic E-state index is 0.180. The summed E-state index contributed by atoms with van der Waals surface area (Å²) in [5, 5.41) is 6.91. The fraction of sp³-hybridized carbons (Fsp3) is 0.400. The van der Waals surface area contributed by atoms with Crippen LogP contribution in [-0.4, -0.2) is 40.8 Å². The van der Waals surface area contributed by atoms with Crippen LogP contribution in [-0.2, 0) is 0 Å². The van der Waals surface area contributed by atoms with Crippen LogP contribution in [0.3, 0.4) is 0 Å². The van der Waals surface area contributed by atoms with E-state index in [9.17, 15) is 9.18 Å². The molecule has 1 amide bonds. The zero-order chi connectivity index (χ0) is 15.5. The maximum atomic E-state index is 13.0. The predicted molar refractivity (Wildman–Crippen MR) is 80.3 cm³/mol. The van der Waals surface area contributed by atoms with Gasteiger partial charge >= 0.3 is 0 Å². The Morgan fingerprint density at radius 1 is 1.41 bits per heavy atom. The van der Waals surface area contributed by atoms with Crippen molar-refractivity contribution in [1.29, 1.82) is 0 Å². The molecule has 2 aromatic rings. The van der Waals surface area contributed by atoms with Crippen LogP contribution in [0.2, 0.25) is 0 Å². The Morgan fingerprint density at radius 3 is 3.00 bits per heavy atom. The molecule has 0 bridgehead atoms. The molecule has 22 heavy (non-hydrogen) atoms. The molecule has 2 aromatic heterocycles. The van der Waals surface area contributed by atoms with E-state index >= 15 is 0 Å². The Kier molecular flexibility index (Phi) is 4.04. The second-order valence-corrected chi connectivity index (χ2v) is 5.34. The number of nitrogens with one attached hydrogen (secondary N) is 1. The lowest BCUT2D eigenvalue weighted by Crippen LogP contribution is -2.37. The highest BCUT2D eigenvalue weighted by Crippen LogP contribution is 2.24. The van der Waals surface area contributed by atoms with Gasteiger partial charge in [-0.05, 0) is 31.0 Å². The van der Waals surface area contributed by atoms with Crippen LogP contribution >= 0.6 is 0 Å². The predicted octanol–water partition coefficient (Wildman–Crippen LogP) is 1.62. The molecule has 1 N–H and O–H groups in total. The summed E-state index contributed by atoms with van der Waals surface area (Å²) in [6.45, 7) is 1.63. The van der Waals surface area contributed by atoms with E-state index in [0.29, 0.717) is 5.69 Å². The van der Waals surface area contributed by atoms with Crippen LogP contribution < -0.4 is 10.2 Å². The van der Waals surface area contributed by atoms with Gasteiger partial charge in [0.1, 0.15) is 17.3 Å². The summed E-state index contributed by atoms with van der Waals surface area (Å²) in [5.74, 6) is 0.246. The SMILES string of the molecule is CNC(=O)c1ccn(C2CCCN(c3ccc(F)cn3)C2)n1. The van der Waals surface area contributed by atoms with E-state index in [1.165, 1.54) is 12.3 Å². The lowest BCUT2D eigenvalue weighted by molar-refractivity contribution is 0.0957. The smallest absolute Gasteiger partial charge is 0.271 e.